The zero-order valence-corrected chi connectivity index (χ0v) is 18.9. The molecule has 0 unspecified atom stereocenters. The predicted octanol–water partition coefficient (Wildman–Crippen LogP) is 4.91. The number of hydrogen-bond acceptors (Lipinski definition) is 7. The molecule has 0 aliphatic rings. The van der Waals surface area contributed by atoms with Crippen molar-refractivity contribution in [2.75, 3.05) is 12.4 Å². The van der Waals surface area contributed by atoms with E-state index in [2.05, 4.69) is 33.0 Å². The number of carbonyl (C=O) groups is 1. The lowest BCUT2D eigenvalue weighted by Crippen LogP contribution is -2.37. The van der Waals surface area contributed by atoms with Crippen LogP contribution in [0.1, 0.15) is 25.8 Å². The van der Waals surface area contributed by atoms with E-state index in [4.69, 9.17) is 4.74 Å². The standard InChI is InChI=1S/C22H26N4O2S2/c1-15(13-14-17-9-5-4-6-10-17)23-20(27)16(2)29-22-26-25-21(30-22)24-18-11-7-8-12-19(18)28-3/h4-12,15-16H,13-14H2,1-3H3,(H,23,27)(H,24,25)/t15-,16-/m0/s1. The number of carbonyl (C=O) groups excluding carboxylic acids is 1. The van der Waals surface area contributed by atoms with Gasteiger partial charge in [-0.1, -0.05) is 65.6 Å². The van der Waals surface area contributed by atoms with E-state index in [1.54, 1.807) is 7.11 Å². The smallest absolute Gasteiger partial charge is 0.233 e. The Hall–Kier alpha value is -2.58. The van der Waals surface area contributed by atoms with Crippen LogP contribution in [0.4, 0.5) is 10.8 Å². The van der Waals surface area contributed by atoms with Gasteiger partial charge in [0, 0.05) is 6.04 Å². The molecule has 158 valence electrons. The van der Waals surface area contributed by atoms with Crippen molar-refractivity contribution >= 4 is 39.8 Å². The molecule has 0 spiro atoms. The van der Waals surface area contributed by atoms with Crippen molar-refractivity contribution in [3.05, 3.63) is 60.2 Å². The molecule has 1 aromatic heterocycles. The van der Waals surface area contributed by atoms with Crippen molar-refractivity contribution in [1.29, 1.82) is 0 Å². The van der Waals surface area contributed by atoms with Crippen molar-refractivity contribution in [2.45, 2.75) is 42.3 Å². The summed E-state index contributed by atoms with van der Waals surface area (Å²) in [6.45, 7) is 3.93. The molecule has 1 heterocycles. The molecule has 0 saturated heterocycles. The third-order valence-electron chi connectivity index (χ3n) is 4.50. The third-order valence-corrected chi connectivity index (χ3v) is 6.52. The van der Waals surface area contributed by atoms with Crippen molar-refractivity contribution < 1.29 is 9.53 Å². The molecule has 0 saturated carbocycles. The van der Waals surface area contributed by atoms with Crippen LogP contribution in [0.15, 0.2) is 58.9 Å². The summed E-state index contributed by atoms with van der Waals surface area (Å²) in [4.78, 5) is 12.5. The van der Waals surface area contributed by atoms with Crippen LogP contribution in [0.25, 0.3) is 0 Å². The molecule has 0 aliphatic carbocycles. The number of para-hydroxylation sites is 2. The molecule has 30 heavy (non-hydrogen) atoms. The maximum atomic E-state index is 12.5. The number of amides is 1. The highest BCUT2D eigenvalue weighted by Crippen LogP contribution is 2.33. The Balaban J connectivity index is 1.48. The van der Waals surface area contributed by atoms with Crippen molar-refractivity contribution in [1.82, 2.24) is 15.5 Å². The first-order chi connectivity index (χ1) is 14.5. The maximum absolute atomic E-state index is 12.5. The fourth-order valence-electron chi connectivity index (χ4n) is 2.84. The molecule has 1 amide bonds. The highest BCUT2D eigenvalue weighted by atomic mass is 32.2. The SMILES string of the molecule is COc1ccccc1Nc1nnc(S[C@@H](C)C(=O)N[C@@H](C)CCc2ccccc2)s1. The number of ether oxygens (including phenoxy) is 1. The summed E-state index contributed by atoms with van der Waals surface area (Å²) >= 11 is 2.82. The number of nitrogens with zero attached hydrogens (tertiary/aromatic N) is 2. The predicted molar refractivity (Wildman–Crippen MR) is 124 cm³/mol. The van der Waals surface area contributed by atoms with Crippen molar-refractivity contribution in [3.8, 4) is 5.75 Å². The first kappa shape index (κ1) is 22.1. The number of hydrogen-bond donors (Lipinski definition) is 2. The Morgan fingerprint density at radius 1 is 1.10 bits per heavy atom. The number of methoxy groups -OCH3 is 1. The second kappa shape index (κ2) is 11.0. The summed E-state index contributed by atoms with van der Waals surface area (Å²) in [5.74, 6) is 0.745. The Bertz CT molecular complexity index is 949. The van der Waals surface area contributed by atoms with Crippen LogP contribution in [0.3, 0.4) is 0 Å². The van der Waals surface area contributed by atoms with Gasteiger partial charge in [-0.25, -0.2) is 0 Å². The average molecular weight is 443 g/mol. The maximum Gasteiger partial charge on any atom is 0.233 e. The van der Waals surface area contributed by atoms with E-state index in [1.807, 2.05) is 56.3 Å². The zero-order chi connectivity index (χ0) is 21.3. The summed E-state index contributed by atoms with van der Waals surface area (Å²) in [5, 5.41) is 15.1. The Labute approximate surface area is 185 Å². The molecule has 6 nitrogen and oxygen atoms in total. The van der Waals surface area contributed by atoms with Gasteiger partial charge in [-0.15, -0.1) is 10.2 Å². The molecule has 0 radical (unpaired) electrons. The summed E-state index contributed by atoms with van der Waals surface area (Å²) in [6.07, 6.45) is 1.84. The zero-order valence-electron chi connectivity index (χ0n) is 17.3. The van der Waals surface area contributed by atoms with Gasteiger partial charge >= 0.3 is 0 Å². The summed E-state index contributed by atoms with van der Waals surface area (Å²) in [5.41, 5.74) is 2.11. The Kier molecular flexibility index (Phi) is 8.10. The van der Waals surface area contributed by atoms with E-state index in [1.165, 1.54) is 28.7 Å². The van der Waals surface area contributed by atoms with E-state index in [9.17, 15) is 4.79 Å². The number of rotatable bonds is 10. The first-order valence-electron chi connectivity index (χ1n) is 9.79. The van der Waals surface area contributed by atoms with Crippen molar-refractivity contribution in [3.63, 3.8) is 0 Å². The largest absolute Gasteiger partial charge is 0.495 e. The summed E-state index contributed by atoms with van der Waals surface area (Å²) in [7, 11) is 1.63. The number of anilines is 2. The molecule has 2 atom stereocenters. The lowest BCUT2D eigenvalue weighted by atomic mass is 10.1. The van der Waals surface area contributed by atoms with Gasteiger partial charge in [-0.2, -0.15) is 0 Å². The van der Waals surface area contributed by atoms with Crippen LogP contribution in [0, 0.1) is 0 Å². The number of aryl methyl sites for hydroxylation is 1. The molecule has 8 heteroatoms. The monoisotopic (exact) mass is 442 g/mol. The topological polar surface area (TPSA) is 76.1 Å². The number of thioether (sulfide) groups is 1. The fraction of sp³-hybridized carbons (Fsp3) is 0.318. The second-order valence-electron chi connectivity index (χ2n) is 6.89. The van der Waals surface area contributed by atoms with Gasteiger partial charge in [0.15, 0.2) is 4.34 Å². The number of aromatic nitrogens is 2. The van der Waals surface area contributed by atoms with Crippen LogP contribution in [0.5, 0.6) is 5.75 Å². The highest BCUT2D eigenvalue weighted by Gasteiger charge is 2.19. The normalized spacial score (nSPS) is 12.8. The molecule has 0 fully saturated rings. The van der Waals surface area contributed by atoms with E-state index in [0.29, 0.717) is 5.13 Å². The lowest BCUT2D eigenvalue weighted by molar-refractivity contribution is -0.120. The highest BCUT2D eigenvalue weighted by molar-refractivity contribution is 8.02. The quantitative estimate of drug-likeness (QED) is 0.435. The molecule has 0 bridgehead atoms. The van der Waals surface area contributed by atoms with Gasteiger partial charge < -0.3 is 15.4 Å². The molecule has 2 N–H and O–H groups in total. The number of benzene rings is 2. The van der Waals surface area contributed by atoms with Crippen LogP contribution in [-0.2, 0) is 11.2 Å². The van der Waals surface area contributed by atoms with Gasteiger partial charge in [0.25, 0.3) is 0 Å². The molecule has 3 aromatic rings. The average Bonchev–Trinajstić information content (AvgIpc) is 3.20. The van der Waals surface area contributed by atoms with E-state index in [-0.39, 0.29) is 17.2 Å². The van der Waals surface area contributed by atoms with Crippen LogP contribution >= 0.6 is 23.1 Å². The summed E-state index contributed by atoms with van der Waals surface area (Å²) < 4.78 is 6.08. The van der Waals surface area contributed by atoms with Gasteiger partial charge in [0.1, 0.15) is 5.75 Å². The fourth-order valence-corrected chi connectivity index (χ4v) is 4.75. The van der Waals surface area contributed by atoms with Gasteiger partial charge in [-0.3, -0.25) is 4.79 Å². The van der Waals surface area contributed by atoms with E-state index in [0.717, 1.165) is 28.6 Å². The number of nitrogens with one attached hydrogen (secondary N) is 2. The minimum absolute atomic E-state index is 0.00926. The van der Waals surface area contributed by atoms with E-state index < -0.39 is 0 Å². The van der Waals surface area contributed by atoms with Crippen LogP contribution in [-0.4, -0.2) is 34.5 Å². The Morgan fingerprint density at radius 2 is 1.83 bits per heavy atom. The van der Waals surface area contributed by atoms with Crippen LogP contribution < -0.4 is 15.4 Å². The Morgan fingerprint density at radius 3 is 2.60 bits per heavy atom. The van der Waals surface area contributed by atoms with Gasteiger partial charge in [0.05, 0.1) is 18.0 Å². The minimum atomic E-state index is -0.253. The van der Waals surface area contributed by atoms with E-state index >= 15 is 0 Å². The van der Waals surface area contributed by atoms with Gasteiger partial charge in [0.2, 0.25) is 11.0 Å². The molecule has 3 rings (SSSR count). The van der Waals surface area contributed by atoms with Crippen molar-refractivity contribution in [2.24, 2.45) is 0 Å². The van der Waals surface area contributed by atoms with Gasteiger partial charge in [-0.05, 0) is 44.4 Å². The molecule has 0 aliphatic heterocycles. The first-order valence-corrected chi connectivity index (χ1v) is 11.5. The second-order valence-corrected chi connectivity index (χ2v) is 9.46. The summed E-state index contributed by atoms with van der Waals surface area (Å²) in [6, 6.07) is 18.0. The minimum Gasteiger partial charge on any atom is -0.495 e. The van der Waals surface area contributed by atoms with Crippen LogP contribution in [0.2, 0.25) is 0 Å². The molecule has 2 aromatic carbocycles. The molecular formula is C22H26N4O2S2. The molecular weight excluding hydrogens is 416 g/mol. The third kappa shape index (κ3) is 6.47. The lowest BCUT2D eigenvalue weighted by Gasteiger charge is -2.16.